The van der Waals surface area contributed by atoms with Gasteiger partial charge in [-0.1, -0.05) is 66.7 Å². The van der Waals surface area contributed by atoms with Gasteiger partial charge in [-0.3, -0.25) is 0 Å². The second kappa shape index (κ2) is 8.17. The SMILES string of the molecule is c1ccc(Cn2ccnc2-c2cccc(-c3nccn3Cc3ccccc3)n2)cc1. The van der Waals surface area contributed by atoms with E-state index in [1.54, 1.807) is 0 Å². The minimum absolute atomic E-state index is 0.755. The number of aromatic nitrogens is 5. The third-order valence-corrected chi connectivity index (χ3v) is 5.03. The lowest BCUT2D eigenvalue weighted by molar-refractivity contribution is 0.798. The predicted octanol–water partition coefficient (Wildman–Crippen LogP) is 4.91. The maximum atomic E-state index is 4.90. The smallest absolute Gasteiger partial charge is 0.158 e. The predicted molar refractivity (Wildman–Crippen MR) is 118 cm³/mol. The van der Waals surface area contributed by atoms with Gasteiger partial charge in [0, 0.05) is 37.9 Å². The van der Waals surface area contributed by atoms with Crippen LogP contribution in [0.1, 0.15) is 11.1 Å². The van der Waals surface area contributed by atoms with Crippen LogP contribution >= 0.6 is 0 Å². The van der Waals surface area contributed by atoms with Gasteiger partial charge in [0.05, 0.1) is 0 Å². The van der Waals surface area contributed by atoms with Gasteiger partial charge in [0.1, 0.15) is 11.4 Å². The minimum atomic E-state index is 0.755. The molecule has 5 nitrogen and oxygen atoms in total. The van der Waals surface area contributed by atoms with Gasteiger partial charge in [-0.25, -0.2) is 15.0 Å². The molecule has 0 unspecified atom stereocenters. The van der Waals surface area contributed by atoms with Crippen molar-refractivity contribution in [3.05, 3.63) is 115 Å². The largest absolute Gasteiger partial charge is 0.325 e. The molecule has 5 aromatic rings. The van der Waals surface area contributed by atoms with Crippen molar-refractivity contribution in [2.75, 3.05) is 0 Å². The van der Waals surface area contributed by atoms with Gasteiger partial charge in [0.25, 0.3) is 0 Å². The summed E-state index contributed by atoms with van der Waals surface area (Å²) in [4.78, 5) is 14.0. The highest BCUT2D eigenvalue weighted by Crippen LogP contribution is 2.22. The van der Waals surface area contributed by atoms with E-state index in [1.807, 2.05) is 55.1 Å². The van der Waals surface area contributed by atoms with E-state index in [4.69, 9.17) is 4.98 Å². The molecule has 0 fully saturated rings. The monoisotopic (exact) mass is 391 g/mol. The fraction of sp³-hybridized carbons (Fsp3) is 0.0800. The molecule has 3 heterocycles. The average Bonchev–Trinajstić information content (AvgIpc) is 3.45. The van der Waals surface area contributed by atoms with Crippen LogP contribution in [0.2, 0.25) is 0 Å². The van der Waals surface area contributed by atoms with E-state index in [0.29, 0.717) is 0 Å². The van der Waals surface area contributed by atoms with Crippen molar-refractivity contribution in [3.8, 4) is 23.0 Å². The van der Waals surface area contributed by atoms with Crippen molar-refractivity contribution in [3.63, 3.8) is 0 Å². The summed E-state index contributed by atoms with van der Waals surface area (Å²) in [6, 6.07) is 26.8. The lowest BCUT2D eigenvalue weighted by atomic mass is 10.2. The Morgan fingerprint density at radius 3 is 1.47 bits per heavy atom. The molecule has 0 atom stereocenters. The molecule has 0 radical (unpaired) electrons. The Bertz CT molecular complexity index is 1140. The van der Waals surface area contributed by atoms with E-state index < -0.39 is 0 Å². The Kier molecular flexibility index (Phi) is 4.92. The first-order chi connectivity index (χ1) is 14.9. The molecule has 5 heteroatoms. The molecule has 5 rings (SSSR count). The quantitative estimate of drug-likeness (QED) is 0.413. The Hall–Kier alpha value is -3.99. The summed E-state index contributed by atoms with van der Waals surface area (Å²) in [5, 5.41) is 0. The summed E-state index contributed by atoms with van der Waals surface area (Å²) in [6.07, 6.45) is 7.63. The highest BCUT2D eigenvalue weighted by atomic mass is 15.1. The van der Waals surface area contributed by atoms with Crippen LogP contribution < -0.4 is 0 Å². The molecule has 30 heavy (non-hydrogen) atoms. The summed E-state index contributed by atoms with van der Waals surface area (Å²) < 4.78 is 4.25. The van der Waals surface area contributed by atoms with Crippen LogP contribution in [0.15, 0.2) is 104 Å². The molecule has 0 amide bonds. The van der Waals surface area contributed by atoms with Gasteiger partial charge in [-0.2, -0.15) is 0 Å². The van der Waals surface area contributed by atoms with Crippen molar-refractivity contribution in [2.45, 2.75) is 13.1 Å². The first-order valence-electron chi connectivity index (χ1n) is 9.95. The molecule has 0 aliphatic rings. The van der Waals surface area contributed by atoms with Crippen molar-refractivity contribution in [1.29, 1.82) is 0 Å². The topological polar surface area (TPSA) is 48.5 Å². The standard InChI is InChI=1S/C25H21N5/c1-3-8-20(9-4-1)18-29-16-14-26-24(29)22-12-7-13-23(28-22)25-27-15-17-30(25)19-21-10-5-2-6-11-21/h1-17H,18-19H2. The van der Waals surface area contributed by atoms with Gasteiger partial charge in [0.2, 0.25) is 0 Å². The highest BCUT2D eigenvalue weighted by Gasteiger charge is 2.12. The summed E-state index contributed by atoms with van der Waals surface area (Å²) in [7, 11) is 0. The number of pyridine rings is 1. The van der Waals surface area contributed by atoms with Gasteiger partial charge < -0.3 is 9.13 Å². The van der Waals surface area contributed by atoms with Gasteiger partial charge in [-0.05, 0) is 23.3 Å². The first-order valence-corrected chi connectivity index (χ1v) is 9.95. The lowest BCUT2D eigenvalue weighted by Crippen LogP contribution is -2.04. The zero-order chi connectivity index (χ0) is 20.2. The van der Waals surface area contributed by atoms with Crippen LogP contribution in [0.3, 0.4) is 0 Å². The highest BCUT2D eigenvalue weighted by molar-refractivity contribution is 5.58. The fourth-order valence-corrected chi connectivity index (χ4v) is 3.58. The van der Waals surface area contributed by atoms with E-state index in [0.717, 1.165) is 36.1 Å². The second-order valence-electron chi connectivity index (χ2n) is 7.14. The van der Waals surface area contributed by atoms with Crippen LogP contribution in [-0.4, -0.2) is 24.1 Å². The van der Waals surface area contributed by atoms with Crippen molar-refractivity contribution in [2.24, 2.45) is 0 Å². The van der Waals surface area contributed by atoms with Gasteiger partial charge in [-0.15, -0.1) is 0 Å². The Morgan fingerprint density at radius 1 is 0.533 bits per heavy atom. The number of rotatable bonds is 6. The third kappa shape index (κ3) is 3.78. The Labute approximate surface area is 175 Å². The fourth-order valence-electron chi connectivity index (χ4n) is 3.58. The summed E-state index contributed by atoms with van der Waals surface area (Å²) in [5.74, 6) is 1.70. The van der Waals surface area contributed by atoms with Crippen LogP contribution in [-0.2, 0) is 13.1 Å². The van der Waals surface area contributed by atoms with Gasteiger partial charge in [0.15, 0.2) is 11.6 Å². The van der Waals surface area contributed by atoms with E-state index in [9.17, 15) is 0 Å². The normalized spacial score (nSPS) is 10.9. The third-order valence-electron chi connectivity index (χ3n) is 5.03. The minimum Gasteiger partial charge on any atom is -0.325 e. The molecule has 0 aliphatic carbocycles. The van der Waals surface area contributed by atoms with Crippen molar-refractivity contribution >= 4 is 0 Å². The Balaban J connectivity index is 1.46. The van der Waals surface area contributed by atoms with Crippen LogP contribution in [0.25, 0.3) is 23.0 Å². The van der Waals surface area contributed by atoms with Crippen LogP contribution in [0, 0.1) is 0 Å². The molecule has 0 saturated carbocycles. The molecule has 0 aliphatic heterocycles. The van der Waals surface area contributed by atoms with E-state index in [2.05, 4.69) is 67.6 Å². The summed E-state index contributed by atoms with van der Waals surface area (Å²) in [5.41, 5.74) is 4.13. The maximum Gasteiger partial charge on any atom is 0.158 e. The molecule has 0 spiro atoms. The number of nitrogens with zero attached hydrogens (tertiary/aromatic N) is 5. The average molecular weight is 391 g/mol. The molecule has 0 N–H and O–H groups in total. The summed E-state index contributed by atoms with van der Waals surface area (Å²) >= 11 is 0. The van der Waals surface area contributed by atoms with Gasteiger partial charge >= 0.3 is 0 Å². The van der Waals surface area contributed by atoms with E-state index in [-0.39, 0.29) is 0 Å². The molecular weight excluding hydrogens is 370 g/mol. The lowest BCUT2D eigenvalue weighted by Gasteiger charge is -2.10. The van der Waals surface area contributed by atoms with Crippen molar-refractivity contribution < 1.29 is 0 Å². The molecule has 3 aromatic heterocycles. The number of hydrogen-bond donors (Lipinski definition) is 0. The van der Waals surface area contributed by atoms with Crippen molar-refractivity contribution in [1.82, 2.24) is 24.1 Å². The molecular formula is C25H21N5. The molecule has 0 saturated heterocycles. The molecule has 2 aromatic carbocycles. The zero-order valence-electron chi connectivity index (χ0n) is 16.5. The maximum absolute atomic E-state index is 4.90. The number of imidazole rings is 2. The van der Waals surface area contributed by atoms with E-state index in [1.165, 1.54) is 11.1 Å². The molecule has 146 valence electrons. The second-order valence-corrected chi connectivity index (χ2v) is 7.14. The van der Waals surface area contributed by atoms with Crippen LogP contribution in [0.5, 0.6) is 0 Å². The summed E-state index contributed by atoms with van der Waals surface area (Å²) in [6.45, 7) is 1.51. The zero-order valence-corrected chi connectivity index (χ0v) is 16.5. The number of benzene rings is 2. The van der Waals surface area contributed by atoms with E-state index >= 15 is 0 Å². The number of hydrogen-bond acceptors (Lipinski definition) is 3. The molecule has 0 bridgehead atoms. The first kappa shape index (κ1) is 18.1. The Morgan fingerprint density at radius 2 is 1.00 bits per heavy atom. The van der Waals surface area contributed by atoms with Crippen LogP contribution in [0.4, 0.5) is 0 Å².